The quantitative estimate of drug-likeness (QED) is 0.463. The molecule has 26 heavy (non-hydrogen) atoms. The van der Waals surface area contributed by atoms with Crippen LogP contribution < -0.4 is 14.8 Å². The topological polar surface area (TPSA) is 117 Å². The van der Waals surface area contributed by atoms with Crippen molar-refractivity contribution < 1.29 is 28.7 Å². The molecule has 3 rings (SSSR count). The molecular weight excluding hydrogens is 364 g/mol. The van der Waals surface area contributed by atoms with E-state index in [2.05, 4.69) is 5.32 Å². The molecule has 0 fully saturated rings. The largest absolute Gasteiger partial charge is 0.486 e. The molecule has 0 saturated carbocycles. The van der Waals surface area contributed by atoms with Gasteiger partial charge in [0, 0.05) is 10.9 Å². The van der Waals surface area contributed by atoms with E-state index >= 15 is 0 Å². The van der Waals surface area contributed by atoms with Gasteiger partial charge in [0.15, 0.2) is 18.1 Å². The lowest BCUT2D eigenvalue weighted by Gasteiger charge is -2.18. The molecule has 1 aliphatic heterocycles. The number of hydrogen-bond acceptors (Lipinski definition) is 8. The summed E-state index contributed by atoms with van der Waals surface area (Å²) < 4.78 is 15.5. The molecule has 1 aromatic carbocycles. The first-order valence-corrected chi connectivity index (χ1v) is 8.47. The highest BCUT2D eigenvalue weighted by Gasteiger charge is 2.27. The van der Waals surface area contributed by atoms with E-state index in [-0.39, 0.29) is 30.3 Å². The highest BCUT2D eigenvalue weighted by atomic mass is 32.1. The van der Waals surface area contributed by atoms with Crippen LogP contribution in [0, 0.1) is 10.1 Å². The number of nitro groups is 1. The van der Waals surface area contributed by atoms with E-state index in [1.54, 1.807) is 0 Å². The highest BCUT2D eigenvalue weighted by molar-refractivity contribution is 7.09. The number of nitrogens with one attached hydrogen (secondary N) is 1. The van der Waals surface area contributed by atoms with Crippen LogP contribution in [0.15, 0.2) is 29.6 Å². The van der Waals surface area contributed by atoms with Crippen LogP contribution in [0.5, 0.6) is 11.5 Å². The van der Waals surface area contributed by atoms with Crippen molar-refractivity contribution in [3.8, 4) is 11.5 Å². The predicted octanol–water partition coefficient (Wildman–Crippen LogP) is 1.90. The van der Waals surface area contributed by atoms with Crippen LogP contribution in [-0.4, -0.2) is 36.6 Å². The van der Waals surface area contributed by atoms with E-state index in [0.29, 0.717) is 6.54 Å². The number of carbonyl (C=O) groups excluding carboxylic acids is 2. The second-order valence-corrected chi connectivity index (χ2v) is 6.23. The first kappa shape index (κ1) is 17.7. The molecule has 0 spiro atoms. The summed E-state index contributed by atoms with van der Waals surface area (Å²) in [5, 5.41) is 15.7. The van der Waals surface area contributed by atoms with Crippen LogP contribution in [0.25, 0.3) is 0 Å². The Morgan fingerprint density at radius 2 is 2.00 bits per heavy atom. The number of carbonyl (C=O) groups is 2. The van der Waals surface area contributed by atoms with E-state index in [1.165, 1.54) is 17.4 Å². The summed E-state index contributed by atoms with van der Waals surface area (Å²) in [6.45, 7) is 0.302. The molecule has 1 aromatic heterocycles. The average molecular weight is 378 g/mol. The first-order chi connectivity index (χ1) is 12.5. The third kappa shape index (κ3) is 4.09. The van der Waals surface area contributed by atoms with E-state index in [4.69, 9.17) is 14.2 Å². The first-order valence-electron chi connectivity index (χ1n) is 7.59. The normalized spacial score (nSPS) is 12.3. The fourth-order valence-corrected chi connectivity index (χ4v) is 2.90. The average Bonchev–Trinajstić information content (AvgIpc) is 3.16. The maximum absolute atomic E-state index is 12.2. The lowest BCUT2D eigenvalue weighted by atomic mass is 10.1. The summed E-state index contributed by atoms with van der Waals surface area (Å²) in [6.07, 6.45) is 0. The summed E-state index contributed by atoms with van der Waals surface area (Å²) in [4.78, 5) is 35.4. The number of thiophene rings is 1. The van der Waals surface area contributed by atoms with Gasteiger partial charge in [0.25, 0.3) is 11.6 Å². The number of esters is 1. The van der Waals surface area contributed by atoms with Crippen LogP contribution in [0.4, 0.5) is 5.69 Å². The van der Waals surface area contributed by atoms with Gasteiger partial charge in [-0.2, -0.15) is 0 Å². The van der Waals surface area contributed by atoms with Gasteiger partial charge in [-0.05, 0) is 11.4 Å². The molecule has 0 unspecified atom stereocenters. The number of benzene rings is 1. The van der Waals surface area contributed by atoms with E-state index in [1.807, 2.05) is 17.5 Å². The van der Waals surface area contributed by atoms with Gasteiger partial charge in [0.2, 0.25) is 0 Å². The number of ether oxygens (including phenoxy) is 3. The minimum Gasteiger partial charge on any atom is -0.486 e. The van der Waals surface area contributed by atoms with Crippen molar-refractivity contribution in [2.45, 2.75) is 6.54 Å². The van der Waals surface area contributed by atoms with Crippen LogP contribution in [0.3, 0.4) is 0 Å². The van der Waals surface area contributed by atoms with Crippen molar-refractivity contribution in [1.82, 2.24) is 5.32 Å². The summed E-state index contributed by atoms with van der Waals surface area (Å²) in [5.74, 6) is -1.09. The molecule has 0 atom stereocenters. The maximum atomic E-state index is 12.2. The summed E-state index contributed by atoms with van der Waals surface area (Å²) in [6, 6.07) is 6.02. The molecule has 10 heteroatoms. The standard InChI is InChI=1S/C16H14N2O7S/c19-15(17-8-10-2-1-5-26-10)9-25-16(20)11-6-13-14(24-4-3-23-13)7-12(11)18(21)22/h1-2,5-7H,3-4,8-9H2,(H,17,19). The second-order valence-electron chi connectivity index (χ2n) is 5.20. The van der Waals surface area contributed by atoms with Crippen molar-refractivity contribution in [1.29, 1.82) is 0 Å². The number of nitrogens with zero attached hydrogens (tertiary/aromatic N) is 1. The van der Waals surface area contributed by atoms with Crippen molar-refractivity contribution in [3.05, 3.63) is 50.2 Å². The third-order valence-corrected chi connectivity index (χ3v) is 4.33. The molecule has 1 N–H and O–H groups in total. The van der Waals surface area contributed by atoms with Crippen LogP contribution in [-0.2, 0) is 16.1 Å². The molecule has 2 heterocycles. The molecule has 0 saturated heterocycles. The van der Waals surface area contributed by atoms with E-state index < -0.39 is 29.1 Å². The van der Waals surface area contributed by atoms with Gasteiger partial charge in [-0.1, -0.05) is 6.07 Å². The number of fused-ring (bicyclic) bond motifs is 1. The van der Waals surface area contributed by atoms with Crippen molar-refractivity contribution >= 4 is 28.9 Å². The van der Waals surface area contributed by atoms with E-state index in [0.717, 1.165) is 10.9 Å². The Morgan fingerprint density at radius 1 is 1.27 bits per heavy atom. The van der Waals surface area contributed by atoms with Gasteiger partial charge in [-0.15, -0.1) is 11.3 Å². The Labute approximate surface area is 151 Å². The Hall–Kier alpha value is -3.14. The van der Waals surface area contributed by atoms with Gasteiger partial charge in [-0.25, -0.2) is 4.79 Å². The zero-order valence-electron chi connectivity index (χ0n) is 13.4. The van der Waals surface area contributed by atoms with Crippen LogP contribution in [0.1, 0.15) is 15.2 Å². The number of nitro benzene ring substituents is 1. The van der Waals surface area contributed by atoms with Gasteiger partial charge in [0.05, 0.1) is 17.5 Å². The zero-order chi connectivity index (χ0) is 18.5. The number of hydrogen-bond donors (Lipinski definition) is 1. The Bertz CT molecular complexity index is 835. The lowest BCUT2D eigenvalue weighted by molar-refractivity contribution is -0.385. The minimum atomic E-state index is -0.986. The second kappa shape index (κ2) is 7.83. The fourth-order valence-electron chi connectivity index (χ4n) is 2.25. The Kier molecular flexibility index (Phi) is 5.32. The smallest absolute Gasteiger partial charge is 0.345 e. The monoisotopic (exact) mass is 378 g/mol. The van der Waals surface area contributed by atoms with Crippen molar-refractivity contribution in [3.63, 3.8) is 0 Å². The molecule has 136 valence electrons. The number of amides is 1. The molecule has 1 amide bonds. The molecule has 0 radical (unpaired) electrons. The van der Waals surface area contributed by atoms with E-state index in [9.17, 15) is 19.7 Å². The van der Waals surface area contributed by atoms with Gasteiger partial charge < -0.3 is 19.5 Å². The maximum Gasteiger partial charge on any atom is 0.345 e. The van der Waals surface area contributed by atoms with Gasteiger partial charge >= 0.3 is 5.97 Å². The molecule has 0 bridgehead atoms. The van der Waals surface area contributed by atoms with Crippen molar-refractivity contribution in [2.24, 2.45) is 0 Å². The molecule has 0 aliphatic carbocycles. The third-order valence-electron chi connectivity index (χ3n) is 3.45. The highest BCUT2D eigenvalue weighted by Crippen LogP contribution is 2.36. The lowest BCUT2D eigenvalue weighted by Crippen LogP contribution is -2.28. The molecule has 2 aromatic rings. The Balaban J connectivity index is 1.65. The van der Waals surface area contributed by atoms with Crippen LogP contribution >= 0.6 is 11.3 Å². The van der Waals surface area contributed by atoms with Crippen LogP contribution in [0.2, 0.25) is 0 Å². The fraction of sp³-hybridized carbons (Fsp3) is 0.250. The zero-order valence-corrected chi connectivity index (χ0v) is 14.2. The molecular formula is C16H14N2O7S. The predicted molar refractivity (Wildman–Crippen MR) is 90.5 cm³/mol. The van der Waals surface area contributed by atoms with Gasteiger partial charge in [0.1, 0.15) is 18.8 Å². The summed E-state index contributed by atoms with van der Waals surface area (Å²) >= 11 is 1.48. The molecule has 9 nitrogen and oxygen atoms in total. The number of rotatable bonds is 6. The Morgan fingerprint density at radius 3 is 2.65 bits per heavy atom. The SMILES string of the molecule is O=C(COC(=O)c1cc2c(cc1[N+](=O)[O-])OCCO2)NCc1cccs1. The summed E-state index contributed by atoms with van der Waals surface area (Å²) in [7, 11) is 0. The van der Waals surface area contributed by atoms with Gasteiger partial charge in [-0.3, -0.25) is 14.9 Å². The minimum absolute atomic E-state index is 0.188. The molecule has 1 aliphatic rings. The summed E-state index contributed by atoms with van der Waals surface area (Å²) in [5.41, 5.74) is -0.774. The van der Waals surface area contributed by atoms with Crippen molar-refractivity contribution in [2.75, 3.05) is 19.8 Å².